The van der Waals surface area contributed by atoms with Crippen LogP contribution in [0.2, 0.25) is 0 Å². The minimum Gasteiger partial charge on any atom is -0.481 e. The molecule has 5 heteroatoms. The number of carbonyl (C=O) groups is 1. The molecule has 1 N–H and O–H groups in total. The van der Waals surface area contributed by atoms with E-state index in [1.165, 1.54) is 0 Å². The molecule has 0 bridgehead atoms. The molecule has 0 rings (SSSR count). The molecule has 1 unspecified atom stereocenters. The molecule has 0 aromatic carbocycles. The van der Waals surface area contributed by atoms with Gasteiger partial charge in [-0.25, -0.2) is 0 Å². The Balaban J connectivity index is 3.73. The molecule has 1 atom stereocenters. The van der Waals surface area contributed by atoms with Gasteiger partial charge in [-0.1, -0.05) is 26.2 Å². The van der Waals surface area contributed by atoms with Crippen molar-refractivity contribution < 1.29 is 14.8 Å². The second-order valence-corrected chi connectivity index (χ2v) is 3.72. The van der Waals surface area contributed by atoms with Gasteiger partial charge in [-0.05, 0) is 6.42 Å². The van der Waals surface area contributed by atoms with E-state index in [2.05, 4.69) is 6.92 Å². The summed E-state index contributed by atoms with van der Waals surface area (Å²) in [7, 11) is 0. The second-order valence-electron chi connectivity index (χ2n) is 3.72. The van der Waals surface area contributed by atoms with E-state index >= 15 is 0 Å². The van der Waals surface area contributed by atoms with Crippen molar-refractivity contribution in [2.75, 3.05) is 0 Å². The van der Waals surface area contributed by atoms with Crippen LogP contribution in [-0.4, -0.2) is 22.0 Å². The Morgan fingerprint density at radius 3 is 2.47 bits per heavy atom. The van der Waals surface area contributed by atoms with E-state index < -0.39 is 12.0 Å². The maximum atomic E-state index is 10.6. The predicted molar refractivity (Wildman–Crippen MR) is 56.4 cm³/mol. The monoisotopic (exact) mass is 217 g/mol. The van der Waals surface area contributed by atoms with E-state index in [4.69, 9.17) is 5.11 Å². The van der Waals surface area contributed by atoms with Crippen molar-refractivity contribution >= 4 is 5.97 Å². The quantitative estimate of drug-likeness (QED) is 0.365. The molecule has 0 aromatic rings. The molecule has 0 fully saturated rings. The maximum Gasteiger partial charge on any atom is 0.303 e. The molecule has 0 aliphatic heterocycles. The van der Waals surface area contributed by atoms with Crippen LogP contribution in [-0.2, 0) is 4.79 Å². The smallest absolute Gasteiger partial charge is 0.303 e. The van der Waals surface area contributed by atoms with Crippen molar-refractivity contribution in [2.24, 2.45) is 0 Å². The first-order chi connectivity index (χ1) is 7.07. The number of aliphatic carboxylic acids is 1. The molecule has 0 radical (unpaired) electrons. The molecule has 0 aliphatic rings. The number of hydrogen-bond acceptors (Lipinski definition) is 3. The lowest BCUT2D eigenvalue weighted by atomic mass is 10.0. The van der Waals surface area contributed by atoms with Gasteiger partial charge in [-0.2, -0.15) is 0 Å². The van der Waals surface area contributed by atoms with Crippen molar-refractivity contribution in [1.82, 2.24) is 0 Å². The summed E-state index contributed by atoms with van der Waals surface area (Å²) < 4.78 is 0. The fourth-order valence-corrected chi connectivity index (χ4v) is 1.45. The Hall–Kier alpha value is -1.13. The molecule has 88 valence electrons. The van der Waals surface area contributed by atoms with Gasteiger partial charge in [0, 0.05) is 17.8 Å². The average Bonchev–Trinajstić information content (AvgIpc) is 2.15. The van der Waals surface area contributed by atoms with Crippen molar-refractivity contribution in [3.05, 3.63) is 10.1 Å². The number of rotatable bonds is 9. The molecule has 5 nitrogen and oxygen atoms in total. The minimum absolute atomic E-state index is 0.112. The molecule has 0 heterocycles. The standard InChI is InChI=1S/C10H19NO4/c1-2-3-4-5-6-9(11(14)15)7-8-10(12)13/h9H,2-8H2,1H3,(H,12,13). The van der Waals surface area contributed by atoms with Crippen LogP contribution in [0.15, 0.2) is 0 Å². The Morgan fingerprint density at radius 2 is 2.00 bits per heavy atom. The third kappa shape index (κ3) is 7.90. The first-order valence-corrected chi connectivity index (χ1v) is 5.43. The molecule has 0 spiro atoms. The molecule has 15 heavy (non-hydrogen) atoms. The van der Waals surface area contributed by atoms with E-state index in [1.807, 2.05) is 0 Å². The molecule has 0 aliphatic carbocycles. The van der Waals surface area contributed by atoms with Crippen LogP contribution < -0.4 is 0 Å². The highest BCUT2D eigenvalue weighted by atomic mass is 16.6. The summed E-state index contributed by atoms with van der Waals surface area (Å²) in [4.78, 5) is 20.5. The Kier molecular flexibility index (Phi) is 7.58. The van der Waals surface area contributed by atoms with E-state index in [0.717, 1.165) is 25.7 Å². The number of nitro groups is 1. The lowest BCUT2D eigenvalue weighted by molar-refractivity contribution is -0.524. The normalized spacial score (nSPS) is 12.3. The molecule has 0 aromatic heterocycles. The van der Waals surface area contributed by atoms with E-state index in [9.17, 15) is 14.9 Å². The van der Waals surface area contributed by atoms with Gasteiger partial charge in [0.1, 0.15) is 0 Å². The number of carboxylic acids is 1. The van der Waals surface area contributed by atoms with Crippen LogP contribution in [0.3, 0.4) is 0 Å². The van der Waals surface area contributed by atoms with Gasteiger partial charge in [-0.15, -0.1) is 0 Å². The third-order valence-corrected chi connectivity index (χ3v) is 2.38. The van der Waals surface area contributed by atoms with Gasteiger partial charge in [0.25, 0.3) is 0 Å². The Morgan fingerprint density at radius 1 is 1.33 bits per heavy atom. The molecule has 0 amide bonds. The van der Waals surface area contributed by atoms with E-state index in [1.54, 1.807) is 0 Å². The zero-order valence-electron chi connectivity index (χ0n) is 9.15. The van der Waals surface area contributed by atoms with Gasteiger partial charge in [-0.3, -0.25) is 14.9 Å². The van der Waals surface area contributed by atoms with Crippen LogP contribution in [0, 0.1) is 10.1 Å². The fourth-order valence-electron chi connectivity index (χ4n) is 1.45. The summed E-state index contributed by atoms with van der Waals surface area (Å²) in [5, 5.41) is 19.0. The summed E-state index contributed by atoms with van der Waals surface area (Å²) in [5.41, 5.74) is 0. The van der Waals surface area contributed by atoms with E-state index in [-0.39, 0.29) is 17.8 Å². The number of carboxylic acid groups (broad SMARTS) is 1. The fraction of sp³-hybridized carbons (Fsp3) is 0.900. The third-order valence-electron chi connectivity index (χ3n) is 2.38. The van der Waals surface area contributed by atoms with Gasteiger partial charge >= 0.3 is 5.97 Å². The van der Waals surface area contributed by atoms with Crippen LogP contribution in [0.4, 0.5) is 0 Å². The average molecular weight is 217 g/mol. The van der Waals surface area contributed by atoms with Crippen molar-refractivity contribution in [1.29, 1.82) is 0 Å². The zero-order chi connectivity index (χ0) is 11.7. The summed E-state index contributed by atoms with van der Waals surface area (Å²) >= 11 is 0. The van der Waals surface area contributed by atoms with Gasteiger partial charge in [0.15, 0.2) is 0 Å². The number of hydrogen-bond donors (Lipinski definition) is 1. The lowest BCUT2D eigenvalue weighted by Crippen LogP contribution is -2.20. The number of unbranched alkanes of at least 4 members (excludes halogenated alkanes) is 3. The zero-order valence-corrected chi connectivity index (χ0v) is 9.15. The van der Waals surface area contributed by atoms with E-state index in [0.29, 0.717) is 6.42 Å². The predicted octanol–water partition coefficient (Wildman–Crippen LogP) is 2.47. The highest BCUT2D eigenvalue weighted by Gasteiger charge is 2.20. The van der Waals surface area contributed by atoms with Crippen molar-refractivity contribution in [3.63, 3.8) is 0 Å². The largest absolute Gasteiger partial charge is 0.481 e. The summed E-state index contributed by atoms with van der Waals surface area (Å²) in [6, 6.07) is -0.682. The summed E-state index contributed by atoms with van der Waals surface area (Å²) in [5.74, 6) is -0.963. The Bertz CT molecular complexity index is 206. The number of nitrogens with zero attached hydrogens (tertiary/aromatic N) is 1. The van der Waals surface area contributed by atoms with Crippen LogP contribution in [0.25, 0.3) is 0 Å². The molecular weight excluding hydrogens is 198 g/mol. The highest BCUT2D eigenvalue weighted by Crippen LogP contribution is 2.12. The van der Waals surface area contributed by atoms with Crippen molar-refractivity contribution in [2.45, 2.75) is 57.9 Å². The lowest BCUT2D eigenvalue weighted by Gasteiger charge is -2.07. The van der Waals surface area contributed by atoms with Crippen molar-refractivity contribution in [3.8, 4) is 0 Å². The Labute approximate surface area is 89.6 Å². The maximum absolute atomic E-state index is 10.6. The SMILES string of the molecule is CCCCCCC(CCC(=O)O)[N+](=O)[O-]. The molecule has 0 saturated carbocycles. The first kappa shape index (κ1) is 13.9. The highest BCUT2D eigenvalue weighted by molar-refractivity contribution is 5.66. The first-order valence-electron chi connectivity index (χ1n) is 5.43. The molecular formula is C10H19NO4. The summed E-state index contributed by atoms with van der Waals surface area (Å²) in [6.07, 6.45) is 4.53. The van der Waals surface area contributed by atoms with Gasteiger partial charge < -0.3 is 5.11 Å². The van der Waals surface area contributed by atoms with Crippen LogP contribution in [0.5, 0.6) is 0 Å². The minimum atomic E-state index is -0.963. The second kappa shape index (κ2) is 8.20. The summed E-state index contributed by atoms with van der Waals surface area (Å²) in [6.45, 7) is 2.08. The van der Waals surface area contributed by atoms with Crippen LogP contribution in [0.1, 0.15) is 51.9 Å². The van der Waals surface area contributed by atoms with Crippen LogP contribution >= 0.6 is 0 Å². The van der Waals surface area contributed by atoms with Gasteiger partial charge in [0.2, 0.25) is 6.04 Å². The molecule has 0 saturated heterocycles. The van der Waals surface area contributed by atoms with Gasteiger partial charge in [0.05, 0.1) is 6.42 Å². The topological polar surface area (TPSA) is 80.4 Å².